The molecule has 2 rings (SSSR count). The average molecular weight is 250 g/mol. The van der Waals surface area contributed by atoms with Gasteiger partial charge in [-0.1, -0.05) is 19.3 Å². The van der Waals surface area contributed by atoms with Crippen LogP contribution >= 0.6 is 0 Å². The zero-order valence-electron chi connectivity index (χ0n) is 11.2. The van der Waals surface area contributed by atoms with Gasteiger partial charge in [0, 0.05) is 19.3 Å². The molecular weight excluding hydrogens is 228 g/mol. The molecule has 1 saturated carbocycles. The summed E-state index contributed by atoms with van der Waals surface area (Å²) in [6.45, 7) is 2.32. The Bertz CT molecular complexity index is 431. The molecule has 0 aromatic carbocycles. The van der Waals surface area contributed by atoms with E-state index in [9.17, 15) is 9.90 Å². The fraction of sp³-hybridized carbons (Fsp3) is 0.643. The van der Waals surface area contributed by atoms with Crippen molar-refractivity contribution in [2.24, 2.45) is 7.05 Å². The van der Waals surface area contributed by atoms with Crippen LogP contribution in [0.15, 0.2) is 12.1 Å². The van der Waals surface area contributed by atoms with E-state index in [1.807, 2.05) is 30.7 Å². The standard InChI is InChI=1S/C14H22N2O2/c1-11-6-7-12(16(11)2)13(17)15-10-14(18)8-4-3-5-9-14/h6-7,18H,3-5,8-10H2,1-2H3,(H,15,17). The Morgan fingerprint density at radius 1 is 1.39 bits per heavy atom. The summed E-state index contributed by atoms with van der Waals surface area (Å²) in [5.41, 5.74) is 0.997. The Balaban J connectivity index is 1.94. The van der Waals surface area contributed by atoms with Gasteiger partial charge in [0.2, 0.25) is 0 Å². The van der Waals surface area contributed by atoms with Gasteiger partial charge in [0.1, 0.15) is 5.69 Å². The fourth-order valence-electron chi connectivity index (χ4n) is 2.56. The van der Waals surface area contributed by atoms with E-state index >= 15 is 0 Å². The zero-order chi connectivity index (χ0) is 13.2. The predicted octanol–water partition coefficient (Wildman–Crippen LogP) is 1.76. The maximum absolute atomic E-state index is 12.0. The molecule has 0 aliphatic heterocycles. The summed E-state index contributed by atoms with van der Waals surface area (Å²) >= 11 is 0. The number of nitrogens with zero attached hydrogens (tertiary/aromatic N) is 1. The minimum Gasteiger partial charge on any atom is -0.388 e. The topological polar surface area (TPSA) is 54.3 Å². The third-order valence-electron chi connectivity index (χ3n) is 3.97. The highest BCUT2D eigenvalue weighted by Crippen LogP contribution is 2.27. The number of carbonyl (C=O) groups excluding carboxylic acids is 1. The first-order chi connectivity index (χ1) is 8.52. The molecule has 100 valence electrons. The number of carbonyl (C=O) groups is 1. The number of rotatable bonds is 3. The highest BCUT2D eigenvalue weighted by molar-refractivity contribution is 5.92. The maximum Gasteiger partial charge on any atom is 0.268 e. The molecule has 0 saturated heterocycles. The van der Waals surface area contributed by atoms with E-state index in [4.69, 9.17) is 0 Å². The number of amides is 1. The molecule has 1 aromatic heterocycles. The summed E-state index contributed by atoms with van der Waals surface area (Å²) in [5, 5.41) is 13.2. The Morgan fingerprint density at radius 2 is 2.06 bits per heavy atom. The van der Waals surface area contributed by atoms with Crippen LogP contribution in [-0.2, 0) is 7.05 Å². The van der Waals surface area contributed by atoms with Crippen LogP contribution in [0.4, 0.5) is 0 Å². The summed E-state index contributed by atoms with van der Waals surface area (Å²) in [6, 6.07) is 3.74. The Hall–Kier alpha value is -1.29. The van der Waals surface area contributed by atoms with Gasteiger partial charge in [-0.2, -0.15) is 0 Å². The van der Waals surface area contributed by atoms with Crippen LogP contribution < -0.4 is 5.32 Å². The molecule has 1 aliphatic carbocycles. The smallest absolute Gasteiger partial charge is 0.268 e. The van der Waals surface area contributed by atoms with Crippen molar-refractivity contribution in [1.82, 2.24) is 9.88 Å². The lowest BCUT2D eigenvalue weighted by Gasteiger charge is -2.32. The number of aryl methyl sites for hydroxylation is 1. The van der Waals surface area contributed by atoms with Crippen molar-refractivity contribution in [3.8, 4) is 0 Å². The van der Waals surface area contributed by atoms with Crippen molar-refractivity contribution in [3.05, 3.63) is 23.5 Å². The van der Waals surface area contributed by atoms with Crippen molar-refractivity contribution < 1.29 is 9.90 Å². The van der Waals surface area contributed by atoms with Gasteiger partial charge in [-0.15, -0.1) is 0 Å². The quantitative estimate of drug-likeness (QED) is 0.859. The molecule has 1 heterocycles. The van der Waals surface area contributed by atoms with Gasteiger partial charge in [-0.3, -0.25) is 4.79 Å². The molecular formula is C14H22N2O2. The van der Waals surface area contributed by atoms with E-state index in [1.165, 1.54) is 6.42 Å². The third kappa shape index (κ3) is 2.75. The first kappa shape index (κ1) is 13.1. The van der Waals surface area contributed by atoms with Crippen molar-refractivity contribution >= 4 is 5.91 Å². The summed E-state index contributed by atoms with van der Waals surface area (Å²) in [5.74, 6) is -0.107. The maximum atomic E-state index is 12.0. The number of aliphatic hydroxyl groups is 1. The Kier molecular flexibility index (Phi) is 3.76. The van der Waals surface area contributed by atoms with E-state index in [1.54, 1.807) is 0 Å². The Morgan fingerprint density at radius 3 is 2.61 bits per heavy atom. The van der Waals surface area contributed by atoms with E-state index in [2.05, 4.69) is 5.32 Å². The van der Waals surface area contributed by atoms with Crippen LogP contribution in [-0.4, -0.2) is 27.7 Å². The predicted molar refractivity (Wildman–Crippen MR) is 70.5 cm³/mol. The highest BCUT2D eigenvalue weighted by atomic mass is 16.3. The lowest BCUT2D eigenvalue weighted by molar-refractivity contribution is 0.00518. The molecule has 1 aromatic rings. The largest absolute Gasteiger partial charge is 0.388 e. The molecule has 4 heteroatoms. The molecule has 2 N–H and O–H groups in total. The number of hydrogen-bond donors (Lipinski definition) is 2. The molecule has 18 heavy (non-hydrogen) atoms. The molecule has 0 unspecified atom stereocenters. The van der Waals surface area contributed by atoms with Crippen LogP contribution in [0.5, 0.6) is 0 Å². The summed E-state index contributed by atoms with van der Waals surface area (Å²) < 4.78 is 1.86. The second-order valence-electron chi connectivity index (χ2n) is 5.39. The molecule has 1 amide bonds. The molecule has 4 nitrogen and oxygen atoms in total. The fourth-order valence-corrected chi connectivity index (χ4v) is 2.56. The van der Waals surface area contributed by atoms with Gasteiger partial charge in [-0.05, 0) is 31.9 Å². The number of nitrogens with one attached hydrogen (secondary N) is 1. The van der Waals surface area contributed by atoms with Gasteiger partial charge < -0.3 is 15.0 Å². The molecule has 0 atom stereocenters. The normalized spacial score (nSPS) is 18.6. The van der Waals surface area contributed by atoms with Crippen molar-refractivity contribution in [2.45, 2.75) is 44.6 Å². The van der Waals surface area contributed by atoms with E-state index in [0.717, 1.165) is 31.4 Å². The SMILES string of the molecule is Cc1ccc(C(=O)NCC2(O)CCCCC2)n1C. The third-order valence-corrected chi connectivity index (χ3v) is 3.97. The van der Waals surface area contributed by atoms with Crippen LogP contribution in [0.1, 0.15) is 48.3 Å². The van der Waals surface area contributed by atoms with Gasteiger partial charge in [0.25, 0.3) is 5.91 Å². The second kappa shape index (κ2) is 5.14. The summed E-state index contributed by atoms with van der Waals surface area (Å²) in [6.07, 6.45) is 4.87. The monoisotopic (exact) mass is 250 g/mol. The van der Waals surface area contributed by atoms with E-state index < -0.39 is 5.60 Å². The lowest BCUT2D eigenvalue weighted by atomic mass is 9.85. The molecule has 0 radical (unpaired) electrons. The highest BCUT2D eigenvalue weighted by Gasteiger charge is 2.29. The lowest BCUT2D eigenvalue weighted by Crippen LogP contribution is -2.44. The summed E-state index contributed by atoms with van der Waals surface area (Å²) in [7, 11) is 1.87. The average Bonchev–Trinajstić information content (AvgIpc) is 2.68. The molecule has 1 aliphatic rings. The number of hydrogen-bond acceptors (Lipinski definition) is 2. The van der Waals surface area contributed by atoms with Crippen molar-refractivity contribution in [3.63, 3.8) is 0 Å². The van der Waals surface area contributed by atoms with Crippen molar-refractivity contribution in [2.75, 3.05) is 6.54 Å². The van der Waals surface area contributed by atoms with Crippen LogP contribution in [0.2, 0.25) is 0 Å². The van der Waals surface area contributed by atoms with Gasteiger partial charge in [0.15, 0.2) is 0 Å². The van der Waals surface area contributed by atoms with Crippen LogP contribution in [0.25, 0.3) is 0 Å². The molecule has 1 fully saturated rings. The second-order valence-corrected chi connectivity index (χ2v) is 5.39. The molecule has 0 spiro atoms. The van der Waals surface area contributed by atoms with Gasteiger partial charge >= 0.3 is 0 Å². The van der Waals surface area contributed by atoms with Gasteiger partial charge in [0.05, 0.1) is 5.60 Å². The van der Waals surface area contributed by atoms with E-state index in [0.29, 0.717) is 12.2 Å². The Labute approximate surface area is 108 Å². The van der Waals surface area contributed by atoms with E-state index in [-0.39, 0.29) is 5.91 Å². The zero-order valence-corrected chi connectivity index (χ0v) is 11.2. The number of aromatic nitrogens is 1. The van der Waals surface area contributed by atoms with Crippen LogP contribution in [0, 0.1) is 6.92 Å². The molecule has 0 bridgehead atoms. The first-order valence-corrected chi connectivity index (χ1v) is 6.65. The van der Waals surface area contributed by atoms with Gasteiger partial charge in [-0.25, -0.2) is 0 Å². The van der Waals surface area contributed by atoms with Crippen molar-refractivity contribution in [1.29, 1.82) is 0 Å². The first-order valence-electron chi connectivity index (χ1n) is 6.65. The minimum absolute atomic E-state index is 0.107. The minimum atomic E-state index is -0.700. The van der Waals surface area contributed by atoms with Crippen LogP contribution in [0.3, 0.4) is 0 Å². The summed E-state index contributed by atoms with van der Waals surface area (Å²) in [4.78, 5) is 12.0.